The summed E-state index contributed by atoms with van der Waals surface area (Å²) in [6, 6.07) is 5.90. The summed E-state index contributed by atoms with van der Waals surface area (Å²) in [5.74, 6) is 0.865. The Hall–Kier alpha value is -0.580. The zero-order chi connectivity index (χ0) is 13.8. The van der Waals surface area contributed by atoms with Gasteiger partial charge in [-0.15, -0.1) is 0 Å². The van der Waals surface area contributed by atoms with Crippen molar-refractivity contribution in [3.8, 4) is 5.75 Å². The number of hydrogen-bond acceptors (Lipinski definition) is 3. The summed E-state index contributed by atoms with van der Waals surface area (Å²) in [7, 11) is 1.67. The van der Waals surface area contributed by atoms with Gasteiger partial charge in [0.2, 0.25) is 0 Å². The molecule has 3 nitrogen and oxygen atoms in total. The quantitative estimate of drug-likeness (QED) is 0.907. The van der Waals surface area contributed by atoms with Gasteiger partial charge < -0.3 is 15.2 Å². The lowest BCUT2D eigenvalue weighted by molar-refractivity contribution is -0.00987. The van der Waals surface area contributed by atoms with Gasteiger partial charge in [-0.2, -0.15) is 0 Å². The Kier molecular flexibility index (Phi) is 5.63. The van der Waals surface area contributed by atoms with Crippen LogP contribution < -0.4 is 10.5 Å². The Morgan fingerprint density at radius 2 is 2.00 bits per heavy atom. The highest BCUT2D eigenvalue weighted by atomic mass is 79.9. The van der Waals surface area contributed by atoms with Crippen molar-refractivity contribution in [2.75, 3.05) is 13.7 Å². The Morgan fingerprint density at radius 3 is 2.56 bits per heavy atom. The molecule has 2 N–H and O–H groups in total. The van der Waals surface area contributed by atoms with Gasteiger partial charge in [0, 0.05) is 10.5 Å². The third kappa shape index (κ3) is 5.38. The van der Waals surface area contributed by atoms with Crippen LogP contribution in [0.5, 0.6) is 5.75 Å². The van der Waals surface area contributed by atoms with Gasteiger partial charge in [-0.3, -0.25) is 0 Å². The lowest BCUT2D eigenvalue weighted by Crippen LogP contribution is -2.33. The molecule has 0 bridgehead atoms. The summed E-state index contributed by atoms with van der Waals surface area (Å²) in [6.45, 7) is 6.62. The van der Waals surface area contributed by atoms with Crippen LogP contribution in [-0.2, 0) is 11.2 Å². The third-order valence-electron chi connectivity index (χ3n) is 2.45. The van der Waals surface area contributed by atoms with Gasteiger partial charge in [0.05, 0.1) is 19.3 Å². The molecule has 0 radical (unpaired) electrons. The zero-order valence-electron chi connectivity index (χ0n) is 11.5. The van der Waals surface area contributed by atoms with Crippen LogP contribution in [0.15, 0.2) is 22.7 Å². The summed E-state index contributed by atoms with van der Waals surface area (Å²) in [5, 5.41) is 0. The highest BCUT2D eigenvalue weighted by Gasteiger charge is 2.14. The summed E-state index contributed by atoms with van der Waals surface area (Å²) in [4.78, 5) is 0. The average molecular weight is 316 g/mol. The second-order valence-corrected chi connectivity index (χ2v) is 6.26. The van der Waals surface area contributed by atoms with E-state index in [2.05, 4.69) is 15.9 Å². The van der Waals surface area contributed by atoms with E-state index in [-0.39, 0.29) is 11.6 Å². The first kappa shape index (κ1) is 15.5. The van der Waals surface area contributed by atoms with Crippen molar-refractivity contribution in [2.24, 2.45) is 5.73 Å². The van der Waals surface area contributed by atoms with E-state index in [1.165, 1.54) is 0 Å². The van der Waals surface area contributed by atoms with E-state index in [9.17, 15) is 0 Å². The molecule has 0 saturated carbocycles. The van der Waals surface area contributed by atoms with E-state index in [1.807, 2.05) is 39.0 Å². The lowest BCUT2D eigenvalue weighted by atomic mass is 10.1. The maximum absolute atomic E-state index is 6.09. The Balaban J connectivity index is 2.63. The van der Waals surface area contributed by atoms with Gasteiger partial charge in [-0.25, -0.2) is 0 Å². The van der Waals surface area contributed by atoms with Gasteiger partial charge in [-0.05, 0) is 51.0 Å². The Morgan fingerprint density at radius 1 is 1.33 bits per heavy atom. The SMILES string of the molecule is COc1ccc(Br)cc1CC(N)COC(C)(C)C. The summed E-state index contributed by atoms with van der Waals surface area (Å²) in [6.07, 6.45) is 0.735. The van der Waals surface area contributed by atoms with Crippen molar-refractivity contribution < 1.29 is 9.47 Å². The third-order valence-corrected chi connectivity index (χ3v) is 2.95. The standard InChI is InChI=1S/C14H22BrNO2/c1-14(2,3)18-9-12(16)8-10-7-11(15)5-6-13(10)17-4/h5-7,12H,8-9,16H2,1-4H3. The minimum absolute atomic E-state index is 0.0348. The first-order chi connectivity index (χ1) is 8.31. The molecule has 0 aliphatic carbocycles. The largest absolute Gasteiger partial charge is 0.496 e. The van der Waals surface area contributed by atoms with Crippen LogP contribution in [0, 0.1) is 0 Å². The molecule has 18 heavy (non-hydrogen) atoms. The molecule has 1 atom stereocenters. The van der Waals surface area contributed by atoms with Crippen molar-refractivity contribution in [3.63, 3.8) is 0 Å². The first-order valence-electron chi connectivity index (χ1n) is 6.04. The fourth-order valence-electron chi connectivity index (χ4n) is 1.61. The van der Waals surface area contributed by atoms with Crippen LogP contribution in [-0.4, -0.2) is 25.4 Å². The second kappa shape index (κ2) is 6.55. The molecule has 0 aliphatic rings. The lowest BCUT2D eigenvalue weighted by Gasteiger charge is -2.23. The second-order valence-electron chi connectivity index (χ2n) is 5.34. The molecule has 1 aromatic carbocycles. The normalized spacial score (nSPS) is 13.4. The van der Waals surface area contributed by atoms with E-state index < -0.39 is 0 Å². The minimum atomic E-state index is -0.154. The fourth-order valence-corrected chi connectivity index (χ4v) is 2.01. The van der Waals surface area contributed by atoms with Crippen LogP contribution in [0.1, 0.15) is 26.3 Å². The van der Waals surface area contributed by atoms with Crippen LogP contribution in [0.3, 0.4) is 0 Å². The number of rotatable bonds is 5. The van der Waals surface area contributed by atoms with Gasteiger partial charge in [0.1, 0.15) is 5.75 Å². The highest BCUT2D eigenvalue weighted by Crippen LogP contribution is 2.24. The molecule has 102 valence electrons. The van der Waals surface area contributed by atoms with Crippen molar-refractivity contribution in [1.29, 1.82) is 0 Å². The van der Waals surface area contributed by atoms with Crippen molar-refractivity contribution in [2.45, 2.75) is 38.8 Å². The molecule has 0 aliphatic heterocycles. The molecule has 0 aromatic heterocycles. The number of nitrogens with two attached hydrogens (primary N) is 1. The molecular formula is C14H22BrNO2. The smallest absolute Gasteiger partial charge is 0.122 e. The number of methoxy groups -OCH3 is 1. The Labute approximate surface area is 118 Å². The number of halogens is 1. The minimum Gasteiger partial charge on any atom is -0.496 e. The predicted octanol–water partition coefficient (Wildman–Crippen LogP) is 3.14. The van der Waals surface area contributed by atoms with Gasteiger partial charge in [0.25, 0.3) is 0 Å². The number of benzene rings is 1. The molecular weight excluding hydrogens is 294 g/mol. The zero-order valence-corrected chi connectivity index (χ0v) is 13.1. The van der Waals surface area contributed by atoms with Crippen LogP contribution in [0.4, 0.5) is 0 Å². The van der Waals surface area contributed by atoms with Crippen molar-refractivity contribution in [1.82, 2.24) is 0 Å². The maximum atomic E-state index is 6.09. The highest BCUT2D eigenvalue weighted by molar-refractivity contribution is 9.10. The average Bonchev–Trinajstić information content (AvgIpc) is 2.26. The summed E-state index contributed by atoms with van der Waals surface area (Å²) in [5.41, 5.74) is 7.03. The topological polar surface area (TPSA) is 44.5 Å². The van der Waals surface area contributed by atoms with E-state index in [1.54, 1.807) is 7.11 Å². The molecule has 0 fully saturated rings. The van der Waals surface area contributed by atoms with Crippen molar-refractivity contribution in [3.05, 3.63) is 28.2 Å². The molecule has 0 amide bonds. The van der Waals surface area contributed by atoms with Gasteiger partial charge in [0.15, 0.2) is 0 Å². The number of ether oxygens (including phenoxy) is 2. The van der Waals surface area contributed by atoms with Crippen LogP contribution >= 0.6 is 15.9 Å². The monoisotopic (exact) mass is 315 g/mol. The molecule has 0 spiro atoms. The van der Waals surface area contributed by atoms with E-state index in [4.69, 9.17) is 15.2 Å². The van der Waals surface area contributed by atoms with E-state index in [0.717, 1.165) is 22.2 Å². The fraction of sp³-hybridized carbons (Fsp3) is 0.571. The van der Waals surface area contributed by atoms with Gasteiger partial charge in [-0.1, -0.05) is 15.9 Å². The number of hydrogen-bond donors (Lipinski definition) is 1. The molecule has 4 heteroatoms. The summed E-state index contributed by atoms with van der Waals surface area (Å²) >= 11 is 3.46. The van der Waals surface area contributed by atoms with E-state index >= 15 is 0 Å². The van der Waals surface area contributed by atoms with Crippen molar-refractivity contribution >= 4 is 15.9 Å². The van der Waals surface area contributed by atoms with Crippen LogP contribution in [0.2, 0.25) is 0 Å². The molecule has 1 aromatic rings. The van der Waals surface area contributed by atoms with E-state index in [0.29, 0.717) is 6.61 Å². The molecule has 0 saturated heterocycles. The first-order valence-corrected chi connectivity index (χ1v) is 6.83. The molecule has 0 heterocycles. The van der Waals surface area contributed by atoms with Gasteiger partial charge >= 0.3 is 0 Å². The maximum Gasteiger partial charge on any atom is 0.122 e. The Bertz CT molecular complexity index is 388. The summed E-state index contributed by atoms with van der Waals surface area (Å²) < 4.78 is 12.0. The molecule has 1 rings (SSSR count). The molecule has 1 unspecified atom stereocenters. The van der Waals surface area contributed by atoms with Crippen LogP contribution in [0.25, 0.3) is 0 Å². The predicted molar refractivity (Wildman–Crippen MR) is 78.1 cm³/mol.